The standard InChI is InChI=1S/C30H35ClFN5O5/c1-19-14-37(15-28(19)41-10-8-38)7-2-3-29(39)36-26-12-22-25(13-27(26)42-17-20-6-9-40-16-20)33-18-34-30(22)35-21-4-5-24(32)23(31)11-21/h2-5,11-13,18-20,28,38H,6-10,14-17H2,1H3,(H,36,39)(H,33,34,35). The van der Waals surface area contributed by atoms with E-state index in [2.05, 4.69) is 32.4 Å². The molecule has 0 bridgehead atoms. The van der Waals surface area contributed by atoms with Gasteiger partial charge < -0.3 is 30.0 Å². The summed E-state index contributed by atoms with van der Waals surface area (Å²) in [6.07, 6.45) is 5.73. The van der Waals surface area contributed by atoms with Crippen LogP contribution < -0.4 is 15.4 Å². The van der Waals surface area contributed by atoms with Crippen molar-refractivity contribution in [1.82, 2.24) is 14.9 Å². The van der Waals surface area contributed by atoms with Crippen molar-refractivity contribution in [2.24, 2.45) is 11.8 Å². The number of aromatic nitrogens is 2. The minimum Gasteiger partial charge on any atom is -0.491 e. The third-order valence-electron chi connectivity index (χ3n) is 7.35. The van der Waals surface area contributed by atoms with E-state index < -0.39 is 5.82 Å². The second kappa shape index (κ2) is 14.2. The zero-order valence-electron chi connectivity index (χ0n) is 23.4. The number of fused-ring (bicyclic) bond motifs is 1. The number of benzene rings is 2. The van der Waals surface area contributed by atoms with E-state index in [4.69, 9.17) is 30.9 Å². The average Bonchev–Trinajstić information content (AvgIpc) is 3.62. The SMILES string of the molecule is CC1CN(CC=CC(=O)Nc2cc3c(Nc4ccc(F)c(Cl)c4)ncnc3cc2OCC2CCOC2)CC1OCCO. The van der Waals surface area contributed by atoms with Gasteiger partial charge in [-0.15, -0.1) is 0 Å². The predicted molar refractivity (Wildman–Crippen MR) is 159 cm³/mol. The summed E-state index contributed by atoms with van der Waals surface area (Å²) in [7, 11) is 0. The van der Waals surface area contributed by atoms with Crippen molar-refractivity contribution in [1.29, 1.82) is 0 Å². The summed E-state index contributed by atoms with van der Waals surface area (Å²) in [6.45, 7) is 6.43. The van der Waals surface area contributed by atoms with Crippen LogP contribution in [0.25, 0.3) is 10.9 Å². The van der Waals surface area contributed by atoms with Crippen LogP contribution >= 0.6 is 11.6 Å². The van der Waals surface area contributed by atoms with Crippen molar-refractivity contribution in [3.63, 3.8) is 0 Å². The van der Waals surface area contributed by atoms with E-state index in [-0.39, 0.29) is 29.6 Å². The van der Waals surface area contributed by atoms with Gasteiger partial charge in [0.25, 0.3) is 0 Å². The first kappa shape index (κ1) is 30.1. The Morgan fingerprint density at radius 3 is 2.95 bits per heavy atom. The maximum absolute atomic E-state index is 13.7. The molecular weight excluding hydrogens is 565 g/mol. The maximum Gasteiger partial charge on any atom is 0.248 e. The molecule has 0 aliphatic carbocycles. The maximum atomic E-state index is 13.7. The van der Waals surface area contributed by atoms with Gasteiger partial charge in [0.2, 0.25) is 5.91 Å². The molecule has 1 amide bonds. The van der Waals surface area contributed by atoms with Crippen LogP contribution in [-0.4, -0.2) is 84.7 Å². The Balaban J connectivity index is 1.33. The number of likely N-dealkylation sites (tertiary alicyclic amines) is 1. The number of hydrogen-bond acceptors (Lipinski definition) is 9. The van der Waals surface area contributed by atoms with Crippen molar-refractivity contribution in [3.05, 3.63) is 59.7 Å². The van der Waals surface area contributed by atoms with Crippen LogP contribution in [0.3, 0.4) is 0 Å². The fourth-order valence-electron chi connectivity index (χ4n) is 5.12. The lowest BCUT2D eigenvalue weighted by Gasteiger charge is -2.17. The molecule has 224 valence electrons. The van der Waals surface area contributed by atoms with E-state index in [1.165, 1.54) is 24.5 Å². The second-order valence-corrected chi connectivity index (χ2v) is 11.0. The van der Waals surface area contributed by atoms with Gasteiger partial charge in [-0.3, -0.25) is 9.69 Å². The third-order valence-corrected chi connectivity index (χ3v) is 7.64. The Bertz CT molecular complexity index is 1420. The van der Waals surface area contributed by atoms with Gasteiger partial charge in [-0.1, -0.05) is 24.6 Å². The van der Waals surface area contributed by atoms with Crippen LogP contribution in [0.5, 0.6) is 5.75 Å². The van der Waals surface area contributed by atoms with Gasteiger partial charge in [0.05, 0.1) is 48.8 Å². The number of nitrogens with zero attached hydrogens (tertiary/aromatic N) is 3. The van der Waals surface area contributed by atoms with E-state index in [1.54, 1.807) is 18.2 Å². The average molecular weight is 600 g/mol. The number of carbonyl (C=O) groups is 1. The molecule has 3 aromatic rings. The minimum atomic E-state index is -0.517. The lowest BCUT2D eigenvalue weighted by molar-refractivity contribution is -0.111. The molecule has 1 aromatic heterocycles. The molecule has 42 heavy (non-hydrogen) atoms. The number of halogens is 2. The fourth-order valence-corrected chi connectivity index (χ4v) is 5.30. The van der Waals surface area contributed by atoms with Crippen molar-refractivity contribution in [2.45, 2.75) is 19.4 Å². The van der Waals surface area contributed by atoms with Gasteiger partial charge >= 0.3 is 0 Å². The molecule has 3 N–H and O–H groups in total. The van der Waals surface area contributed by atoms with Gasteiger partial charge in [0.15, 0.2) is 0 Å². The first-order valence-electron chi connectivity index (χ1n) is 14.0. The molecule has 5 rings (SSSR count). The topological polar surface area (TPSA) is 118 Å². The summed E-state index contributed by atoms with van der Waals surface area (Å²) in [4.78, 5) is 24.0. The van der Waals surface area contributed by atoms with Crippen LogP contribution in [0.1, 0.15) is 13.3 Å². The first-order chi connectivity index (χ1) is 20.4. The zero-order chi connectivity index (χ0) is 29.5. The van der Waals surface area contributed by atoms with E-state index in [9.17, 15) is 9.18 Å². The summed E-state index contributed by atoms with van der Waals surface area (Å²) < 4.78 is 31.0. The highest BCUT2D eigenvalue weighted by atomic mass is 35.5. The number of ether oxygens (including phenoxy) is 3. The van der Waals surface area contributed by atoms with Gasteiger partial charge in [-0.25, -0.2) is 14.4 Å². The van der Waals surface area contributed by atoms with E-state index in [0.29, 0.717) is 72.7 Å². The highest BCUT2D eigenvalue weighted by Gasteiger charge is 2.29. The molecular formula is C30H35ClFN5O5. The molecule has 0 spiro atoms. The number of nitrogens with one attached hydrogen (secondary N) is 2. The lowest BCUT2D eigenvalue weighted by atomic mass is 10.1. The number of carbonyl (C=O) groups excluding carboxylic acids is 1. The van der Waals surface area contributed by atoms with E-state index in [1.807, 2.05) is 6.08 Å². The van der Waals surface area contributed by atoms with Crippen LogP contribution in [0, 0.1) is 17.7 Å². The number of amides is 1. The highest BCUT2D eigenvalue weighted by molar-refractivity contribution is 6.31. The van der Waals surface area contributed by atoms with Crippen molar-refractivity contribution in [2.75, 3.05) is 63.3 Å². The van der Waals surface area contributed by atoms with Crippen molar-refractivity contribution < 1.29 is 28.5 Å². The molecule has 3 heterocycles. The Hall–Kier alpha value is -3.35. The number of rotatable bonds is 12. The number of aliphatic hydroxyl groups is 1. The zero-order valence-corrected chi connectivity index (χ0v) is 24.1. The molecule has 3 unspecified atom stereocenters. The quantitative estimate of drug-likeness (QED) is 0.260. The monoisotopic (exact) mass is 599 g/mol. The summed E-state index contributed by atoms with van der Waals surface area (Å²) >= 11 is 5.96. The fraction of sp³-hybridized carbons (Fsp3) is 0.433. The molecule has 2 aliphatic rings. The number of anilines is 3. The van der Waals surface area contributed by atoms with Crippen LogP contribution in [0.4, 0.5) is 21.6 Å². The molecule has 2 aromatic carbocycles. The Morgan fingerprint density at radius 1 is 1.29 bits per heavy atom. The van der Waals surface area contributed by atoms with Gasteiger partial charge in [0.1, 0.15) is 23.7 Å². The molecule has 2 saturated heterocycles. The van der Waals surface area contributed by atoms with Crippen molar-refractivity contribution in [3.8, 4) is 5.75 Å². The van der Waals surface area contributed by atoms with Gasteiger partial charge in [0, 0.05) is 55.4 Å². The number of aliphatic hydroxyl groups excluding tert-OH is 1. The predicted octanol–water partition coefficient (Wildman–Crippen LogP) is 4.41. The highest BCUT2D eigenvalue weighted by Crippen LogP contribution is 2.34. The molecule has 10 nitrogen and oxygen atoms in total. The second-order valence-electron chi connectivity index (χ2n) is 10.6. The molecule has 3 atom stereocenters. The van der Waals surface area contributed by atoms with Crippen molar-refractivity contribution >= 4 is 45.6 Å². The van der Waals surface area contributed by atoms with Crippen LogP contribution in [0.2, 0.25) is 5.02 Å². The lowest BCUT2D eigenvalue weighted by Crippen LogP contribution is -2.25. The largest absolute Gasteiger partial charge is 0.491 e. The molecule has 0 saturated carbocycles. The van der Waals surface area contributed by atoms with Crippen LogP contribution in [0.15, 0.2) is 48.8 Å². The molecule has 0 radical (unpaired) electrons. The molecule has 12 heteroatoms. The van der Waals surface area contributed by atoms with Gasteiger partial charge in [-0.2, -0.15) is 0 Å². The Labute approximate surface area is 248 Å². The Kier molecular flexibility index (Phi) is 10.2. The summed E-state index contributed by atoms with van der Waals surface area (Å²) in [5.41, 5.74) is 1.63. The summed E-state index contributed by atoms with van der Waals surface area (Å²) in [5, 5.41) is 15.8. The summed E-state index contributed by atoms with van der Waals surface area (Å²) in [5.74, 6) is 0.741. The van der Waals surface area contributed by atoms with E-state index >= 15 is 0 Å². The smallest absolute Gasteiger partial charge is 0.248 e. The van der Waals surface area contributed by atoms with E-state index in [0.717, 1.165) is 19.5 Å². The molecule has 2 aliphatic heterocycles. The molecule has 2 fully saturated rings. The normalized spacial score (nSPS) is 20.9. The number of hydrogen-bond donors (Lipinski definition) is 3. The third kappa shape index (κ3) is 7.73. The Morgan fingerprint density at radius 2 is 2.17 bits per heavy atom. The minimum absolute atomic E-state index is 0.00245. The first-order valence-corrected chi connectivity index (χ1v) is 14.4. The van der Waals surface area contributed by atoms with Crippen LogP contribution in [-0.2, 0) is 14.3 Å². The summed E-state index contributed by atoms with van der Waals surface area (Å²) in [6, 6.07) is 7.84. The van der Waals surface area contributed by atoms with Gasteiger partial charge in [-0.05, 0) is 36.6 Å².